The lowest BCUT2D eigenvalue weighted by atomic mass is 10.0. The number of rotatable bonds is 12. The molecule has 2 rings (SSSR count). The molecule has 0 spiro atoms. The summed E-state index contributed by atoms with van der Waals surface area (Å²) in [6.07, 6.45) is 0.791. The summed E-state index contributed by atoms with van der Waals surface area (Å²) in [6.45, 7) is 0.443. The molecule has 166 valence electrons. The van der Waals surface area contributed by atoms with Crippen LogP contribution in [-0.4, -0.2) is 47.4 Å². The Morgan fingerprint density at radius 1 is 1.00 bits per heavy atom. The number of nitrogens with one attached hydrogen (secondary N) is 2. The number of carbonyl (C=O) groups excluding carboxylic acids is 3. The third-order valence-corrected chi connectivity index (χ3v) is 4.95. The van der Waals surface area contributed by atoms with E-state index in [1.807, 2.05) is 49.4 Å². The molecule has 0 aromatic heterocycles. The molecule has 2 aromatic carbocycles. The second-order valence-electron chi connectivity index (χ2n) is 7.31. The number of aliphatic carboxylic acids is 1. The molecule has 0 saturated heterocycles. The van der Waals surface area contributed by atoms with Gasteiger partial charge in [-0.3, -0.25) is 19.2 Å². The molecule has 2 amide bonds. The summed E-state index contributed by atoms with van der Waals surface area (Å²) < 4.78 is 12.7. The molecule has 2 atom stereocenters. The van der Waals surface area contributed by atoms with Crippen LogP contribution >= 0.6 is 0 Å². The molecule has 0 unspecified atom stereocenters. The van der Waals surface area contributed by atoms with Crippen molar-refractivity contribution in [3.8, 4) is 0 Å². The number of aryl methyl sites for hydroxylation is 1. The lowest BCUT2D eigenvalue weighted by Crippen LogP contribution is -2.52. The van der Waals surface area contributed by atoms with Gasteiger partial charge in [0, 0.05) is 6.42 Å². The third-order valence-electron chi connectivity index (χ3n) is 4.95. The van der Waals surface area contributed by atoms with Crippen LogP contribution in [0.4, 0.5) is 4.39 Å². The van der Waals surface area contributed by atoms with Crippen LogP contribution in [0.5, 0.6) is 0 Å². The Bertz CT molecular complexity index is 941. The number of benzene rings is 2. The Kier molecular flexibility index (Phi) is 9.12. The molecular formula is C23H27FN2O5. The third kappa shape index (κ3) is 7.16. The van der Waals surface area contributed by atoms with Gasteiger partial charge in [0.25, 0.3) is 0 Å². The summed E-state index contributed by atoms with van der Waals surface area (Å²) in [5.74, 6) is -3.40. The van der Waals surface area contributed by atoms with E-state index < -0.39 is 42.8 Å². The van der Waals surface area contributed by atoms with Crippen LogP contribution < -0.4 is 10.6 Å². The lowest BCUT2D eigenvalue weighted by Gasteiger charge is -2.21. The zero-order chi connectivity index (χ0) is 22.8. The minimum atomic E-state index is -1.47. The van der Waals surface area contributed by atoms with Gasteiger partial charge in [-0.1, -0.05) is 55.8 Å². The second-order valence-corrected chi connectivity index (χ2v) is 7.31. The highest BCUT2D eigenvalue weighted by molar-refractivity contribution is 5.95. The number of carbonyl (C=O) groups is 4. The minimum Gasteiger partial charge on any atom is -0.481 e. The second kappa shape index (κ2) is 11.8. The quantitative estimate of drug-likeness (QED) is 0.479. The molecule has 0 aliphatic rings. The largest absolute Gasteiger partial charge is 0.481 e. The van der Waals surface area contributed by atoms with Gasteiger partial charge in [-0.25, -0.2) is 4.39 Å². The van der Waals surface area contributed by atoms with E-state index in [9.17, 15) is 23.6 Å². The summed E-state index contributed by atoms with van der Waals surface area (Å²) in [6, 6.07) is 11.3. The summed E-state index contributed by atoms with van der Waals surface area (Å²) in [7, 11) is 0. The highest BCUT2D eigenvalue weighted by Gasteiger charge is 2.27. The molecule has 0 aliphatic carbocycles. The van der Waals surface area contributed by atoms with Gasteiger partial charge < -0.3 is 15.7 Å². The van der Waals surface area contributed by atoms with Crippen LogP contribution in [0.15, 0.2) is 42.5 Å². The maximum Gasteiger partial charge on any atom is 0.305 e. The number of ketones is 1. The van der Waals surface area contributed by atoms with Crippen molar-refractivity contribution in [1.29, 1.82) is 0 Å². The number of amides is 2. The molecule has 3 N–H and O–H groups in total. The average Bonchev–Trinajstić information content (AvgIpc) is 2.75. The zero-order valence-corrected chi connectivity index (χ0v) is 17.4. The van der Waals surface area contributed by atoms with Crippen molar-refractivity contribution in [1.82, 2.24) is 10.6 Å². The predicted octanol–water partition coefficient (Wildman–Crippen LogP) is 2.56. The van der Waals surface area contributed by atoms with Crippen LogP contribution in [0.1, 0.15) is 38.2 Å². The standard InChI is InChI=1S/C23H27FN2O5/c1-2-6-18(23(31)26-19(13-22(29)30)20(27)14-24)25-21(28)12-11-16-9-5-8-15-7-3-4-10-17(15)16/h3-5,7-10,18-19H,2,6,11-14H2,1H3,(H,25,28)(H,26,31)(H,29,30)/t18-,19-/m0/s1. The molecule has 8 heteroatoms. The molecule has 2 aromatic rings. The van der Waals surface area contributed by atoms with Crippen molar-refractivity contribution in [2.45, 2.75) is 51.1 Å². The number of Topliss-reactive ketones (excluding diaryl/α,β-unsaturated/α-hetero) is 1. The first kappa shape index (κ1) is 24.0. The van der Waals surface area contributed by atoms with E-state index in [1.165, 1.54) is 0 Å². The fourth-order valence-corrected chi connectivity index (χ4v) is 3.37. The van der Waals surface area contributed by atoms with Crippen molar-refractivity contribution < 1.29 is 28.7 Å². The first-order valence-electron chi connectivity index (χ1n) is 10.2. The van der Waals surface area contributed by atoms with E-state index in [-0.39, 0.29) is 12.3 Å². The first-order valence-corrected chi connectivity index (χ1v) is 10.2. The number of fused-ring (bicyclic) bond motifs is 1. The van der Waals surface area contributed by atoms with Gasteiger partial charge in [-0.05, 0) is 29.2 Å². The van der Waals surface area contributed by atoms with E-state index in [2.05, 4.69) is 10.6 Å². The smallest absolute Gasteiger partial charge is 0.305 e. The zero-order valence-electron chi connectivity index (χ0n) is 17.4. The molecule has 0 saturated carbocycles. The van der Waals surface area contributed by atoms with Crippen molar-refractivity contribution in [3.05, 3.63) is 48.0 Å². The number of alkyl halides is 1. The Labute approximate surface area is 180 Å². The highest BCUT2D eigenvalue weighted by Crippen LogP contribution is 2.19. The Hall–Kier alpha value is -3.29. The average molecular weight is 430 g/mol. The van der Waals surface area contributed by atoms with Crippen molar-refractivity contribution in [3.63, 3.8) is 0 Å². The van der Waals surface area contributed by atoms with Crippen LogP contribution in [0.2, 0.25) is 0 Å². The van der Waals surface area contributed by atoms with Crippen LogP contribution in [0.3, 0.4) is 0 Å². The summed E-state index contributed by atoms with van der Waals surface area (Å²) in [4.78, 5) is 47.5. The molecule has 0 bridgehead atoms. The number of carboxylic acid groups (broad SMARTS) is 1. The first-order chi connectivity index (χ1) is 14.8. The van der Waals surface area contributed by atoms with Gasteiger partial charge in [0.15, 0.2) is 5.78 Å². The Morgan fingerprint density at radius 3 is 2.39 bits per heavy atom. The lowest BCUT2D eigenvalue weighted by molar-refractivity contribution is -0.140. The van der Waals surface area contributed by atoms with Gasteiger partial charge in [0.05, 0.1) is 6.42 Å². The monoisotopic (exact) mass is 430 g/mol. The van der Waals surface area contributed by atoms with Gasteiger partial charge in [0.2, 0.25) is 11.8 Å². The SMILES string of the molecule is CCC[C@H](NC(=O)CCc1cccc2ccccc12)C(=O)N[C@@H](CC(=O)O)C(=O)CF. The number of carboxylic acids is 1. The normalized spacial score (nSPS) is 12.7. The number of hydrogen-bond acceptors (Lipinski definition) is 4. The summed E-state index contributed by atoms with van der Waals surface area (Å²) in [5, 5.41) is 15.9. The van der Waals surface area contributed by atoms with Gasteiger partial charge in [0.1, 0.15) is 18.8 Å². The van der Waals surface area contributed by atoms with E-state index >= 15 is 0 Å². The molecule has 0 fully saturated rings. The predicted molar refractivity (Wildman–Crippen MR) is 114 cm³/mol. The molecule has 0 radical (unpaired) electrons. The van der Waals surface area contributed by atoms with Crippen molar-refractivity contribution >= 4 is 34.3 Å². The van der Waals surface area contributed by atoms with Crippen molar-refractivity contribution in [2.75, 3.05) is 6.67 Å². The molecule has 0 heterocycles. The molecular weight excluding hydrogens is 403 g/mol. The Balaban J connectivity index is 2.00. The van der Waals surface area contributed by atoms with Gasteiger partial charge in [-0.2, -0.15) is 0 Å². The minimum absolute atomic E-state index is 0.156. The van der Waals surface area contributed by atoms with Crippen LogP contribution in [0, 0.1) is 0 Å². The fraction of sp³-hybridized carbons (Fsp3) is 0.391. The summed E-state index contributed by atoms with van der Waals surface area (Å²) in [5.41, 5.74) is 1.01. The number of halogens is 1. The van der Waals surface area contributed by atoms with Crippen LogP contribution in [-0.2, 0) is 25.6 Å². The Morgan fingerprint density at radius 2 is 1.71 bits per heavy atom. The topological polar surface area (TPSA) is 113 Å². The number of hydrogen-bond donors (Lipinski definition) is 3. The molecule has 7 nitrogen and oxygen atoms in total. The maximum absolute atomic E-state index is 12.7. The van der Waals surface area contributed by atoms with Gasteiger partial charge >= 0.3 is 5.97 Å². The van der Waals surface area contributed by atoms with E-state index in [1.54, 1.807) is 0 Å². The van der Waals surface area contributed by atoms with Gasteiger partial charge in [-0.15, -0.1) is 0 Å². The van der Waals surface area contributed by atoms with Crippen LogP contribution in [0.25, 0.3) is 10.8 Å². The van der Waals surface area contributed by atoms with Crippen molar-refractivity contribution in [2.24, 2.45) is 0 Å². The van der Waals surface area contributed by atoms with E-state index in [0.29, 0.717) is 19.3 Å². The summed E-state index contributed by atoms with van der Waals surface area (Å²) >= 11 is 0. The van der Waals surface area contributed by atoms with E-state index in [0.717, 1.165) is 16.3 Å². The molecule has 0 aliphatic heterocycles. The highest BCUT2D eigenvalue weighted by atomic mass is 19.1. The fourth-order valence-electron chi connectivity index (χ4n) is 3.37. The van der Waals surface area contributed by atoms with E-state index in [4.69, 9.17) is 5.11 Å². The maximum atomic E-state index is 12.7. The molecule has 31 heavy (non-hydrogen) atoms.